The lowest BCUT2D eigenvalue weighted by atomic mass is 10.2. The summed E-state index contributed by atoms with van der Waals surface area (Å²) in [7, 11) is 0. The first-order valence-electron chi connectivity index (χ1n) is 6.81. The van der Waals surface area contributed by atoms with Gasteiger partial charge in [-0.05, 0) is 12.1 Å². The second-order valence-electron chi connectivity index (χ2n) is 4.72. The molecule has 3 heterocycles. The number of carbonyl (C=O) groups is 1. The topological polar surface area (TPSA) is 80.2 Å². The van der Waals surface area contributed by atoms with Crippen molar-refractivity contribution in [3.8, 4) is 0 Å². The van der Waals surface area contributed by atoms with Gasteiger partial charge in [-0.2, -0.15) is 5.10 Å². The van der Waals surface area contributed by atoms with Gasteiger partial charge in [0.25, 0.3) is 5.91 Å². The van der Waals surface area contributed by atoms with E-state index in [1.165, 1.54) is 12.4 Å². The normalized spacial score (nSPS) is 14.7. The number of aromatic nitrogens is 3. The maximum Gasteiger partial charge on any atom is 0.255 e. The molecule has 1 N–H and O–H groups in total. The van der Waals surface area contributed by atoms with Gasteiger partial charge in [-0.1, -0.05) is 11.6 Å². The minimum atomic E-state index is -0.0371. The molecule has 114 valence electrons. The molecule has 1 aliphatic rings. The van der Waals surface area contributed by atoms with Crippen LogP contribution in [0.5, 0.6) is 0 Å². The first-order valence-corrected chi connectivity index (χ1v) is 7.18. The van der Waals surface area contributed by atoms with E-state index in [0.717, 1.165) is 0 Å². The van der Waals surface area contributed by atoms with Crippen molar-refractivity contribution in [3.05, 3.63) is 41.2 Å². The molecule has 0 radical (unpaired) electrons. The van der Waals surface area contributed by atoms with E-state index in [0.29, 0.717) is 48.5 Å². The molecule has 1 amide bonds. The van der Waals surface area contributed by atoms with Crippen LogP contribution in [0.15, 0.2) is 30.6 Å². The van der Waals surface area contributed by atoms with Crippen LogP contribution in [0, 0.1) is 0 Å². The fraction of sp³-hybridized carbons (Fsp3) is 0.286. The lowest BCUT2D eigenvalue weighted by Gasteiger charge is -2.26. The average Bonchev–Trinajstić information content (AvgIpc) is 2.56. The Morgan fingerprint density at radius 1 is 1.23 bits per heavy atom. The molecule has 0 unspecified atom stereocenters. The largest absolute Gasteiger partial charge is 0.378 e. The molecule has 8 heteroatoms. The van der Waals surface area contributed by atoms with Gasteiger partial charge in [-0.3, -0.25) is 4.79 Å². The highest BCUT2D eigenvalue weighted by molar-refractivity contribution is 6.30. The fourth-order valence-corrected chi connectivity index (χ4v) is 2.23. The Bertz CT molecular complexity index is 659. The van der Waals surface area contributed by atoms with Crippen molar-refractivity contribution in [1.82, 2.24) is 20.1 Å². The molecule has 0 aliphatic carbocycles. The summed E-state index contributed by atoms with van der Waals surface area (Å²) in [4.78, 5) is 18.3. The predicted molar refractivity (Wildman–Crippen MR) is 81.3 cm³/mol. The molecule has 1 fully saturated rings. The van der Waals surface area contributed by atoms with Crippen molar-refractivity contribution in [2.24, 2.45) is 0 Å². The van der Waals surface area contributed by atoms with Crippen LogP contribution >= 0.6 is 11.6 Å². The number of anilines is 2. The number of carbonyl (C=O) groups excluding carboxylic acids is 1. The zero-order valence-electron chi connectivity index (χ0n) is 11.7. The quantitative estimate of drug-likeness (QED) is 0.928. The smallest absolute Gasteiger partial charge is 0.255 e. The van der Waals surface area contributed by atoms with E-state index in [-0.39, 0.29) is 5.91 Å². The zero-order valence-corrected chi connectivity index (χ0v) is 12.5. The Hall–Kier alpha value is -2.25. The number of nitrogens with zero attached hydrogens (tertiary/aromatic N) is 4. The van der Waals surface area contributed by atoms with Crippen molar-refractivity contribution in [2.75, 3.05) is 31.6 Å². The van der Waals surface area contributed by atoms with E-state index < -0.39 is 0 Å². The summed E-state index contributed by atoms with van der Waals surface area (Å²) in [5.41, 5.74) is 0.546. The van der Waals surface area contributed by atoms with Gasteiger partial charge in [-0.25, -0.2) is 4.98 Å². The number of pyridine rings is 1. The Morgan fingerprint density at radius 2 is 2.05 bits per heavy atom. The van der Waals surface area contributed by atoms with Crippen LogP contribution in [0.4, 0.5) is 11.6 Å². The molecule has 0 aromatic carbocycles. The number of amides is 1. The second kappa shape index (κ2) is 6.67. The van der Waals surface area contributed by atoms with E-state index in [1.807, 2.05) is 0 Å². The van der Waals surface area contributed by atoms with E-state index in [2.05, 4.69) is 20.5 Å². The van der Waals surface area contributed by atoms with Crippen molar-refractivity contribution >= 4 is 29.1 Å². The van der Waals surface area contributed by atoms with Crippen LogP contribution in [0.2, 0.25) is 5.02 Å². The van der Waals surface area contributed by atoms with E-state index in [4.69, 9.17) is 16.3 Å². The third-order valence-electron chi connectivity index (χ3n) is 3.19. The average molecular weight is 320 g/mol. The van der Waals surface area contributed by atoms with Crippen molar-refractivity contribution in [1.29, 1.82) is 0 Å². The maximum atomic E-state index is 12.3. The summed E-state index contributed by atoms with van der Waals surface area (Å²) >= 11 is 5.84. The molecule has 0 saturated carbocycles. The Labute approximate surface area is 132 Å². The summed E-state index contributed by atoms with van der Waals surface area (Å²) in [6.07, 6.45) is 2.99. The van der Waals surface area contributed by atoms with Crippen LogP contribution in [-0.2, 0) is 4.74 Å². The number of halogens is 1. The van der Waals surface area contributed by atoms with E-state index >= 15 is 0 Å². The molecule has 0 atom stereocenters. The van der Waals surface area contributed by atoms with Gasteiger partial charge in [-0.15, -0.1) is 5.10 Å². The molecular weight excluding hydrogens is 306 g/mol. The van der Waals surface area contributed by atoms with Gasteiger partial charge < -0.3 is 15.0 Å². The monoisotopic (exact) mass is 319 g/mol. The number of ether oxygens (including phenoxy) is 1. The summed E-state index contributed by atoms with van der Waals surface area (Å²) < 4.78 is 5.24. The molecule has 2 aromatic heterocycles. The lowest BCUT2D eigenvalue weighted by molar-refractivity contribution is 0.0302. The standard InChI is InChI=1S/C14H14ClN5O2/c15-11-7-13(19-17-9-11)18-12-2-1-10(8-16-12)14(21)20-3-5-22-6-4-20/h1-2,7-9H,3-6H2,(H,16,18,19). The maximum absolute atomic E-state index is 12.3. The van der Waals surface area contributed by atoms with Crippen LogP contribution in [0.3, 0.4) is 0 Å². The molecule has 0 bridgehead atoms. The van der Waals surface area contributed by atoms with Gasteiger partial charge in [0.05, 0.1) is 30.0 Å². The summed E-state index contributed by atoms with van der Waals surface area (Å²) in [5.74, 6) is 1.02. The summed E-state index contributed by atoms with van der Waals surface area (Å²) in [5, 5.41) is 11.1. The highest BCUT2D eigenvalue weighted by atomic mass is 35.5. The first kappa shape index (κ1) is 14.7. The molecule has 0 spiro atoms. The lowest BCUT2D eigenvalue weighted by Crippen LogP contribution is -2.40. The number of nitrogens with one attached hydrogen (secondary N) is 1. The van der Waals surface area contributed by atoms with Gasteiger partial charge >= 0.3 is 0 Å². The van der Waals surface area contributed by atoms with Crippen LogP contribution in [-0.4, -0.2) is 52.3 Å². The third kappa shape index (κ3) is 3.49. The minimum absolute atomic E-state index is 0.0371. The number of hydrogen-bond acceptors (Lipinski definition) is 6. The van der Waals surface area contributed by atoms with Crippen molar-refractivity contribution in [3.63, 3.8) is 0 Å². The Balaban J connectivity index is 1.68. The van der Waals surface area contributed by atoms with Crippen LogP contribution in [0.25, 0.3) is 0 Å². The molecule has 3 rings (SSSR count). The molecule has 1 aliphatic heterocycles. The van der Waals surface area contributed by atoms with Crippen LogP contribution < -0.4 is 5.32 Å². The van der Waals surface area contributed by atoms with E-state index in [1.54, 1.807) is 23.1 Å². The Kier molecular flexibility index (Phi) is 4.45. The Morgan fingerprint density at radius 3 is 2.73 bits per heavy atom. The van der Waals surface area contributed by atoms with Gasteiger partial charge in [0, 0.05) is 25.4 Å². The molecule has 22 heavy (non-hydrogen) atoms. The predicted octanol–water partition coefficient (Wildman–Crippen LogP) is 1.74. The second-order valence-corrected chi connectivity index (χ2v) is 5.16. The van der Waals surface area contributed by atoms with Crippen LogP contribution in [0.1, 0.15) is 10.4 Å². The number of rotatable bonds is 3. The highest BCUT2D eigenvalue weighted by Gasteiger charge is 2.18. The minimum Gasteiger partial charge on any atom is -0.378 e. The van der Waals surface area contributed by atoms with Gasteiger partial charge in [0.15, 0.2) is 5.82 Å². The van der Waals surface area contributed by atoms with Gasteiger partial charge in [0.2, 0.25) is 0 Å². The first-order chi connectivity index (χ1) is 10.7. The third-order valence-corrected chi connectivity index (χ3v) is 3.39. The summed E-state index contributed by atoms with van der Waals surface area (Å²) in [6.45, 7) is 2.37. The van der Waals surface area contributed by atoms with Crippen molar-refractivity contribution < 1.29 is 9.53 Å². The molecular formula is C14H14ClN5O2. The molecule has 2 aromatic rings. The number of morpholine rings is 1. The number of hydrogen-bond donors (Lipinski definition) is 1. The SMILES string of the molecule is O=C(c1ccc(Nc2cc(Cl)cnn2)nc1)N1CCOCC1. The van der Waals surface area contributed by atoms with Crippen molar-refractivity contribution in [2.45, 2.75) is 0 Å². The molecule has 1 saturated heterocycles. The molecule has 7 nitrogen and oxygen atoms in total. The fourth-order valence-electron chi connectivity index (χ4n) is 2.08. The van der Waals surface area contributed by atoms with Gasteiger partial charge in [0.1, 0.15) is 5.82 Å². The zero-order chi connectivity index (χ0) is 15.4. The highest BCUT2D eigenvalue weighted by Crippen LogP contribution is 2.16. The van der Waals surface area contributed by atoms with E-state index in [9.17, 15) is 4.79 Å². The summed E-state index contributed by atoms with van der Waals surface area (Å²) in [6, 6.07) is 5.09.